The van der Waals surface area contributed by atoms with Gasteiger partial charge in [0, 0.05) is 25.7 Å². The standard InChI is InChI=1S/C83H162O17P2/c1-7-10-12-14-16-18-20-21-22-23-24-30-36-42-48-54-60-66-81(86)94-72-79(100-82(87)67-61-55-49-43-37-31-26-25-29-35-40-46-52-58-64-76(6)9-3)74-98-102(91,92)96-70-77(84)69-95-101(89,90)97-73-78(71-93-80(85)65-59-53-47-41-33-19-17-15-13-11-8-2)99-83(88)68-62-56-50-44-38-32-27-28-34-39-45-51-57-63-75(4)5/h75-79,84H,7-74H2,1-6H3,(H,89,90)(H,91,92)/t76?,77-,78+,79+/m0/s1. The van der Waals surface area contributed by atoms with E-state index in [1.165, 1.54) is 257 Å². The Bertz CT molecular complexity index is 1960. The van der Waals surface area contributed by atoms with Crippen LogP contribution in [0.1, 0.15) is 440 Å². The average molecular weight is 1490 g/mol. The first-order valence-corrected chi connectivity index (χ1v) is 46.0. The van der Waals surface area contributed by atoms with E-state index in [4.69, 9.17) is 37.0 Å². The van der Waals surface area contributed by atoms with Crippen LogP contribution < -0.4 is 0 Å². The Hall–Kier alpha value is -1.94. The quantitative estimate of drug-likeness (QED) is 0.0222. The predicted octanol–water partition coefficient (Wildman–Crippen LogP) is 25.1. The number of hydrogen-bond acceptors (Lipinski definition) is 15. The maximum Gasteiger partial charge on any atom is 0.472 e. The van der Waals surface area contributed by atoms with Crippen LogP contribution in [0.2, 0.25) is 0 Å². The minimum Gasteiger partial charge on any atom is -0.462 e. The molecule has 0 aliphatic rings. The zero-order valence-electron chi connectivity index (χ0n) is 66.9. The van der Waals surface area contributed by atoms with Crippen LogP contribution in [-0.4, -0.2) is 96.7 Å². The number of unbranched alkanes of at least 4 members (excludes halogenated alkanes) is 51. The number of hydrogen-bond donors (Lipinski definition) is 3. The van der Waals surface area contributed by atoms with Crippen LogP contribution in [-0.2, 0) is 65.4 Å². The first-order valence-electron chi connectivity index (χ1n) is 43.0. The van der Waals surface area contributed by atoms with Crippen molar-refractivity contribution in [1.29, 1.82) is 0 Å². The van der Waals surface area contributed by atoms with Crippen LogP contribution in [0.3, 0.4) is 0 Å². The molecule has 0 amide bonds. The molecule has 606 valence electrons. The minimum absolute atomic E-state index is 0.108. The van der Waals surface area contributed by atoms with E-state index in [1.54, 1.807) is 0 Å². The summed E-state index contributed by atoms with van der Waals surface area (Å²) in [5.41, 5.74) is 0. The van der Waals surface area contributed by atoms with E-state index in [-0.39, 0.29) is 25.7 Å². The van der Waals surface area contributed by atoms with Gasteiger partial charge in [-0.1, -0.05) is 388 Å². The van der Waals surface area contributed by atoms with Crippen LogP contribution >= 0.6 is 15.6 Å². The molecule has 17 nitrogen and oxygen atoms in total. The SMILES string of the molecule is CCCCCCCCCCCCCCCCCCCC(=O)OC[C@H](COP(=O)(O)OC[C@@H](O)COP(=O)(O)OC[C@@H](COC(=O)CCCCCCCCCCCCC)OC(=O)CCCCCCCCCCCCCCCC(C)C)OC(=O)CCCCCCCCCCCCCCCCC(C)CC. The van der Waals surface area contributed by atoms with Crippen molar-refractivity contribution in [2.45, 2.75) is 458 Å². The van der Waals surface area contributed by atoms with Crippen molar-refractivity contribution in [3.8, 4) is 0 Å². The summed E-state index contributed by atoms with van der Waals surface area (Å²) in [6.07, 6.45) is 65.0. The van der Waals surface area contributed by atoms with Gasteiger partial charge in [-0.05, 0) is 37.5 Å². The van der Waals surface area contributed by atoms with Crippen LogP contribution in [0.4, 0.5) is 0 Å². The zero-order valence-corrected chi connectivity index (χ0v) is 68.7. The molecule has 0 radical (unpaired) electrons. The fourth-order valence-corrected chi connectivity index (χ4v) is 14.4. The monoisotopic (exact) mass is 1490 g/mol. The molecule has 0 spiro atoms. The molecular formula is C83H162O17P2. The van der Waals surface area contributed by atoms with E-state index in [0.29, 0.717) is 25.7 Å². The number of aliphatic hydroxyl groups is 1. The molecule has 0 saturated carbocycles. The van der Waals surface area contributed by atoms with Gasteiger partial charge in [-0.15, -0.1) is 0 Å². The molecule has 0 aromatic carbocycles. The van der Waals surface area contributed by atoms with E-state index < -0.39 is 97.5 Å². The lowest BCUT2D eigenvalue weighted by Crippen LogP contribution is -2.30. The highest BCUT2D eigenvalue weighted by Gasteiger charge is 2.30. The first kappa shape index (κ1) is 100. The second kappa shape index (κ2) is 74.5. The fourth-order valence-electron chi connectivity index (χ4n) is 12.9. The summed E-state index contributed by atoms with van der Waals surface area (Å²) in [5.74, 6) is -0.471. The second-order valence-corrected chi connectivity index (χ2v) is 33.5. The van der Waals surface area contributed by atoms with E-state index in [1.807, 2.05) is 0 Å². The van der Waals surface area contributed by atoms with Crippen molar-refractivity contribution in [3.63, 3.8) is 0 Å². The molecule has 0 heterocycles. The number of esters is 4. The molecule has 0 aliphatic heterocycles. The summed E-state index contributed by atoms with van der Waals surface area (Å²) in [4.78, 5) is 73.1. The molecule has 6 atom stereocenters. The zero-order chi connectivity index (χ0) is 74.9. The molecule has 3 unspecified atom stereocenters. The summed E-state index contributed by atoms with van der Waals surface area (Å²) < 4.78 is 68.8. The van der Waals surface area contributed by atoms with Gasteiger partial charge in [0.05, 0.1) is 26.4 Å². The smallest absolute Gasteiger partial charge is 0.462 e. The van der Waals surface area contributed by atoms with E-state index in [2.05, 4.69) is 41.5 Å². The Morgan fingerprint density at radius 1 is 0.284 bits per heavy atom. The molecule has 0 bridgehead atoms. The number of aliphatic hydroxyl groups excluding tert-OH is 1. The number of rotatable bonds is 82. The predicted molar refractivity (Wildman–Crippen MR) is 418 cm³/mol. The summed E-state index contributed by atoms with van der Waals surface area (Å²) >= 11 is 0. The lowest BCUT2D eigenvalue weighted by atomic mass is 9.99. The molecule has 0 saturated heterocycles. The fraction of sp³-hybridized carbons (Fsp3) is 0.952. The minimum atomic E-state index is -4.96. The number of carbonyl (C=O) groups is 4. The first-order chi connectivity index (χ1) is 49.4. The Kier molecular flexibility index (Phi) is 73.1. The number of phosphoric ester groups is 2. The van der Waals surface area contributed by atoms with Gasteiger partial charge >= 0.3 is 39.5 Å². The molecule has 0 aromatic rings. The van der Waals surface area contributed by atoms with Crippen LogP contribution in [0.15, 0.2) is 0 Å². The van der Waals surface area contributed by atoms with Crippen molar-refractivity contribution < 1.29 is 80.2 Å². The summed E-state index contributed by atoms with van der Waals surface area (Å²) in [6, 6.07) is 0. The highest BCUT2D eigenvalue weighted by molar-refractivity contribution is 7.47. The van der Waals surface area contributed by atoms with Gasteiger partial charge in [0.25, 0.3) is 0 Å². The highest BCUT2D eigenvalue weighted by atomic mass is 31.2. The molecule has 0 aromatic heterocycles. The summed E-state index contributed by atoms with van der Waals surface area (Å²) in [6.45, 7) is 9.72. The number of carbonyl (C=O) groups excluding carboxylic acids is 4. The third kappa shape index (κ3) is 74.9. The number of ether oxygens (including phenoxy) is 4. The van der Waals surface area contributed by atoms with Gasteiger partial charge in [0.15, 0.2) is 12.2 Å². The third-order valence-electron chi connectivity index (χ3n) is 19.8. The van der Waals surface area contributed by atoms with Crippen molar-refractivity contribution in [3.05, 3.63) is 0 Å². The Labute approximate surface area is 626 Å². The summed E-state index contributed by atoms with van der Waals surface area (Å²) in [5, 5.41) is 10.7. The van der Waals surface area contributed by atoms with Crippen LogP contribution in [0.5, 0.6) is 0 Å². The van der Waals surface area contributed by atoms with Gasteiger partial charge in [0.1, 0.15) is 19.3 Å². The normalized spacial score (nSPS) is 14.1. The third-order valence-corrected chi connectivity index (χ3v) is 21.7. The lowest BCUT2D eigenvalue weighted by Gasteiger charge is -2.21. The maximum atomic E-state index is 13.1. The molecule has 0 rings (SSSR count). The van der Waals surface area contributed by atoms with Crippen molar-refractivity contribution >= 4 is 39.5 Å². The maximum absolute atomic E-state index is 13.1. The molecule has 0 aliphatic carbocycles. The van der Waals surface area contributed by atoms with E-state index in [0.717, 1.165) is 102 Å². The van der Waals surface area contributed by atoms with Crippen molar-refractivity contribution in [2.24, 2.45) is 11.8 Å². The topological polar surface area (TPSA) is 237 Å². The lowest BCUT2D eigenvalue weighted by molar-refractivity contribution is -0.161. The van der Waals surface area contributed by atoms with Crippen molar-refractivity contribution in [2.75, 3.05) is 39.6 Å². The molecule has 0 fully saturated rings. The summed E-state index contributed by atoms with van der Waals surface area (Å²) in [7, 11) is -9.92. The Morgan fingerprint density at radius 2 is 0.500 bits per heavy atom. The molecule has 102 heavy (non-hydrogen) atoms. The van der Waals surface area contributed by atoms with E-state index >= 15 is 0 Å². The van der Waals surface area contributed by atoms with Gasteiger partial charge in [-0.2, -0.15) is 0 Å². The second-order valence-electron chi connectivity index (χ2n) is 30.6. The molecular weight excluding hydrogens is 1330 g/mol. The largest absolute Gasteiger partial charge is 0.472 e. The Balaban J connectivity index is 5.26. The average Bonchev–Trinajstić information content (AvgIpc) is 0.912. The highest BCUT2D eigenvalue weighted by Crippen LogP contribution is 2.45. The number of phosphoric acid groups is 2. The van der Waals surface area contributed by atoms with Crippen LogP contribution in [0, 0.1) is 11.8 Å². The van der Waals surface area contributed by atoms with Gasteiger partial charge in [-0.3, -0.25) is 37.3 Å². The van der Waals surface area contributed by atoms with Gasteiger partial charge in [0.2, 0.25) is 0 Å². The van der Waals surface area contributed by atoms with E-state index in [9.17, 15) is 43.2 Å². The van der Waals surface area contributed by atoms with Crippen molar-refractivity contribution in [1.82, 2.24) is 0 Å². The van der Waals surface area contributed by atoms with Gasteiger partial charge < -0.3 is 33.8 Å². The molecule has 19 heteroatoms. The van der Waals surface area contributed by atoms with Gasteiger partial charge in [-0.25, -0.2) is 9.13 Å². The Morgan fingerprint density at radius 3 is 0.745 bits per heavy atom. The van der Waals surface area contributed by atoms with Crippen LogP contribution in [0.25, 0.3) is 0 Å². The molecule has 3 N–H and O–H groups in total.